The van der Waals surface area contributed by atoms with Gasteiger partial charge in [-0.2, -0.15) is 5.26 Å². The lowest BCUT2D eigenvalue weighted by Crippen LogP contribution is -2.23. The molecule has 0 radical (unpaired) electrons. The van der Waals surface area contributed by atoms with E-state index in [0.29, 0.717) is 5.69 Å². The number of hydrogen-bond acceptors (Lipinski definition) is 4. The molecule has 1 heterocycles. The normalized spacial score (nSPS) is 9.95. The van der Waals surface area contributed by atoms with Crippen LogP contribution in [0.3, 0.4) is 0 Å². The number of anilines is 1. The molecule has 2 aromatic rings. The first-order chi connectivity index (χ1) is 9.24. The third-order valence-electron chi connectivity index (χ3n) is 3.09. The van der Waals surface area contributed by atoms with Crippen molar-refractivity contribution in [1.29, 1.82) is 5.26 Å². The van der Waals surface area contributed by atoms with Crippen molar-refractivity contribution >= 4 is 5.82 Å². The molecule has 4 nitrogen and oxygen atoms in total. The highest BCUT2D eigenvalue weighted by Gasteiger charge is 2.08. The maximum atomic E-state index is 8.73. The van der Waals surface area contributed by atoms with Crippen LogP contribution in [0, 0.1) is 18.3 Å². The molecule has 0 saturated carbocycles. The van der Waals surface area contributed by atoms with Crippen LogP contribution in [0.25, 0.3) is 0 Å². The Morgan fingerprint density at radius 3 is 2.53 bits per heavy atom. The Bertz CT molecular complexity index is 584. The van der Waals surface area contributed by atoms with E-state index in [1.54, 1.807) is 6.07 Å². The summed E-state index contributed by atoms with van der Waals surface area (Å²) in [7, 11) is 0. The van der Waals surface area contributed by atoms with Gasteiger partial charge in [0.2, 0.25) is 0 Å². The molecule has 1 aromatic carbocycles. The summed E-state index contributed by atoms with van der Waals surface area (Å²) in [6, 6.07) is 13.8. The maximum absolute atomic E-state index is 8.73. The van der Waals surface area contributed by atoms with E-state index in [2.05, 4.69) is 41.1 Å². The van der Waals surface area contributed by atoms with E-state index in [-0.39, 0.29) is 0 Å². The highest BCUT2D eigenvalue weighted by molar-refractivity contribution is 5.41. The van der Waals surface area contributed by atoms with Crippen molar-refractivity contribution in [2.45, 2.75) is 20.4 Å². The lowest BCUT2D eigenvalue weighted by Gasteiger charge is -2.22. The van der Waals surface area contributed by atoms with Crippen LogP contribution in [-0.4, -0.2) is 16.7 Å². The molecule has 19 heavy (non-hydrogen) atoms. The number of aromatic nitrogens is 2. The summed E-state index contributed by atoms with van der Waals surface area (Å²) in [4.78, 5) is 2.14. The van der Waals surface area contributed by atoms with Crippen LogP contribution < -0.4 is 4.90 Å². The van der Waals surface area contributed by atoms with E-state index in [0.717, 1.165) is 18.9 Å². The monoisotopic (exact) mass is 252 g/mol. The molecular formula is C15H16N4. The Hall–Kier alpha value is -2.41. The highest BCUT2D eigenvalue weighted by atomic mass is 15.3. The number of rotatable bonds is 4. The van der Waals surface area contributed by atoms with Gasteiger partial charge in [0.05, 0.1) is 0 Å². The van der Waals surface area contributed by atoms with Crippen LogP contribution >= 0.6 is 0 Å². The fraction of sp³-hybridized carbons (Fsp3) is 0.267. The zero-order chi connectivity index (χ0) is 13.7. The summed E-state index contributed by atoms with van der Waals surface area (Å²) < 4.78 is 0. The van der Waals surface area contributed by atoms with Gasteiger partial charge >= 0.3 is 0 Å². The van der Waals surface area contributed by atoms with Gasteiger partial charge in [0, 0.05) is 13.1 Å². The van der Waals surface area contributed by atoms with Gasteiger partial charge in [0.1, 0.15) is 6.07 Å². The van der Waals surface area contributed by atoms with Crippen LogP contribution in [0.2, 0.25) is 0 Å². The fourth-order valence-electron chi connectivity index (χ4n) is 1.90. The van der Waals surface area contributed by atoms with Gasteiger partial charge in [-0.1, -0.05) is 24.3 Å². The molecule has 0 aliphatic rings. The van der Waals surface area contributed by atoms with E-state index in [9.17, 15) is 0 Å². The van der Waals surface area contributed by atoms with Crippen molar-refractivity contribution in [2.24, 2.45) is 0 Å². The summed E-state index contributed by atoms with van der Waals surface area (Å²) in [5.41, 5.74) is 2.88. The van der Waals surface area contributed by atoms with Gasteiger partial charge in [-0.05, 0) is 37.1 Å². The first-order valence-corrected chi connectivity index (χ1v) is 6.28. The van der Waals surface area contributed by atoms with Crippen molar-refractivity contribution < 1.29 is 0 Å². The number of benzene rings is 1. The Morgan fingerprint density at radius 1 is 1.16 bits per heavy atom. The van der Waals surface area contributed by atoms with Crippen molar-refractivity contribution in [3.05, 3.63) is 53.2 Å². The lowest BCUT2D eigenvalue weighted by molar-refractivity contribution is 0.791. The predicted molar refractivity (Wildman–Crippen MR) is 74.7 cm³/mol. The van der Waals surface area contributed by atoms with Gasteiger partial charge in [-0.15, -0.1) is 10.2 Å². The number of hydrogen-bond donors (Lipinski definition) is 0. The molecule has 0 bridgehead atoms. The van der Waals surface area contributed by atoms with Crippen LogP contribution in [0.5, 0.6) is 0 Å². The second-order valence-electron chi connectivity index (χ2n) is 4.33. The van der Waals surface area contributed by atoms with Crippen molar-refractivity contribution in [3.8, 4) is 6.07 Å². The molecular weight excluding hydrogens is 236 g/mol. The van der Waals surface area contributed by atoms with Crippen LogP contribution in [0.1, 0.15) is 23.7 Å². The molecule has 96 valence electrons. The largest absolute Gasteiger partial charge is 0.351 e. The molecule has 2 rings (SSSR count). The molecule has 1 aromatic heterocycles. The molecule has 0 amide bonds. The molecule has 0 aliphatic carbocycles. The summed E-state index contributed by atoms with van der Waals surface area (Å²) in [5, 5.41) is 16.7. The second-order valence-corrected chi connectivity index (χ2v) is 4.33. The summed E-state index contributed by atoms with van der Waals surface area (Å²) in [5.74, 6) is 0.796. The van der Waals surface area contributed by atoms with Crippen LogP contribution in [-0.2, 0) is 6.54 Å². The van der Waals surface area contributed by atoms with E-state index in [1.807, 2.05) is 24.3 Å². The third kappa shape index (κ3) is 3.08. The lowest BCUT2D eigenvalue weighted by atomic mass is 10.1. The van der Waals surface area contributed by atoms with Gasteiger partial charge in [0.15, 0.2) is 11.5 Å². The first kappa shape index (κ1) is 13.0. The maximum Gasteiger partial charge on any atom is 0.163 e. The average molecular weight is 252 g/mol. The topological polar surface area (TPSA) is 52.8 Å². The summed E-state index contributed by atoms with van der Waals surface area (Å²) >= 11 is 0. The smallest absolute Gasteiger partial charge is 0.163 e. The SMILES string of the molecule is CCN(Cc1ccccc1C)c1ccc(C#N)nn1. The molecule has 4 heteroatoms. The minimum absolute atomic E-state index is 0.343. The molecule has 0 aliphatic heterocycles. The molecule has 0 spiro atoms. The van der Waals surface area contributed by atoms with Crippen LogP contribution in [0.15, 0.2) is 36.4 Å². The highest BCUT2D eigenvalue weighted by Crippen LogP contribution is 2.16. The van der Waals surface area contributed by atoms with E-state index in [4.69, 9.17) is 5.26 Å². The number of aryl methyl sites for hydroxylation is 1. The molecule has 0 atom stereocenters. The minimum Gasteiger partial charge on any atom is -0.351 e. The van der Waals surface area contributed by atoms with Gasteiger partial charge in [-0.25, -0.2) is 0 Å². The number of nitriles is 1. The predicted octanol–water partition coefficient (Wildman–Crippen LogP) is 2.68. The first-order valence-electron chi connectivity index (χ1n) is 6.28. The van der Waals surface area contributed by atoms with E-state index in [1.165, 1.54) is 11.1 Å². The Balaban J connectivity index is 2.20. The zero-order valence-electron chi connectivity index (χ0n) is 11.2. The minimum atomic E-state index is 0.343. The summed E-state index contributed by atoms with van der Waals surface area (Å²) in [6.45, 7) is 5.82. The molecule has 0 fully saturated rings. The van der Waals surface area contributed by atoms with Crippen LogP contribution in [0.4, 0.5) is 5.82 Å². The molecule has 0 N–H and O–H groups in total. The van der Waals surface area contributed by atoms with Crippen molar-refractivity contribution in [2.75, 3.05) is 11.4 Å². The van der Waals surface area contributed by atoms with Gasteiger partial charge in [0.25, 0.3) is 0 Å². The fourth-order valence-corrected chi connectivity index (χ4v) is 1.90. The average Bonchev–Trinajstić information content (AvgIpc) is 2.47. The van der Waals surface area contributed by atoms with Crippen molar-refractivity contribution in [3.63, 3.8) is 0 Å². The molecule has 0 saturated heterocycles. The quantitative estimate of drug-likeness (QED) is 0.839. The zero-order valence-corrected chi connectivity index (χ0v) is 11.2. The standard InChI is InChI=1S/C15H16N4/c1-3-19(11-13-7-5-4-6-12(13)2)15-9-8-14(10-16)17-18-15/h4-9H,3,11H2,1-2H3. The Kier molecular flexibility index (Phi) is 4.09. The second kappa shape index (κ2) is 5.96. The van der Waals surface area contributed by atoms with Gasteiger partial charge < -0.3 is 4.90 Å². The summed E-state index contributed by atoms with van der Waals surface area (Å²) in [6.07, 6.45) is 0. The Labute approximate surface area is 113 Å². The Morgan fingerprint density at radius 2 is 1.95 bits per heavy atom. The molecule has 0 unspecified atom stereocenters. The third-order valence-corrected chi connectivity index (χ3v) is 3.09. The van der Waals surface area contributed by atoms with Crippen molar-refractivity contribution in [1.82, 2.24) is 10.2 Å². The van der Waals surface area contributed by atoms with E-state index < -0.39 is 0 Å². The number of nitrogens with zero attached hydrogens (tertiary/aromatic N) is 4. The van der Waals surface area contributed by atoms with Gasteiger partial charge in [-0.3, -0.25) is 0 Å². The van der Waals surface area contributed by atoms with E-state index >= 15 is 0 Å².